The van der Waals surface area contributed by atoms with Crippen LogP contribution in [-0.2, 0) is 10.0 Å². The first-order valence-corrected chi connectivity index (χ1v) is 8.27. The van der Waals surface area contributed by atoms with Crippen LogP contribution < -0.4 is 0 Å². The van der Waals surface area contributed by atoms with E-state index in [0.29, 0.717) is 11.7 Å². The van der Waals surface area contributed by atoms with Gasteiger partial charge in [-0.05, 0) is 12.8 Å². The summed E-state index contributed by atoms with van der Waals surface area (Å²) in [6, 6.07) is 0. The van der Waals surface area contributed by atoms with Gasteiger partial charge >= 0.3 is 0 Å². The minimum absolute atomic E-state index is 0.222. The van der Waals surface area contributed by atoms with Crippen molar-refractivity contribution in [2.24, 2.45) is 5.92 Å². The molecule has 0 spiro atoms. The highest BCUT2D eigenvalue weighted by atomic mass is 32.2. The van der Waals surface area contributed by atoms with Crippen molar-refractivity contribution in [2.75, 3.05) is 26.0 Å². The standard InChI is InChI=1S/C11H17FN4O2S/c1-19(17,18)16-5-8(4-12)9(6-16)11-13-10(14-15-11)7-2-3-7/h7-9H,2-6H2,1H3,(H,13,14,15)/t8-,9-/m1/s1. The third-order valence-electron chi connectivity index (χ3n) is 3.89. The molecule has 1 aromatic rings. The zero-order valence-corrected chi connectivity index (χ0v) is 11.5. The van der Waals surface area contributed by atoms with E-state index < -0.39 is 16.7 Å². The number of hydrogen-bond acceptors (Lipinski definition) is 4. The SMILES string of the molecule is CS(=O)(=O)N1C[C@@H](CF)[C@H](c2nc(C3CC3)n[nH]2)C1. The van der Waals surface area contributed by atoms with Crippen LogP contribution in [0.4, 0.5) is 4.39 Å². The first kappa shape index (κ1) is 13.0. The van der Waals surface area contributed by atoms with Crippen molar-refractivity contribution in [3.63, 3.8) is 0 Å². The Bertz CT molecular complexity index is 569. The van der Waals surface area contributed by atoms with E-state index in [4.69, 9.17) is 0 Å². The molecule has 1 N–H and O–H groups in total. The molecule has 1 aliphatic carbocycles. The van der Waals surface area contributed by atoms with Crippen LogP contribution >= 0.6 is 0 Å². The molecule has 0 amide bonds. The molecule has 8 heteroatoms. The fraction of sp³-hybridized carbons (Fsp3) is 0.818. The van der Waals surface area contributed by atoms with Crippen LogP contribution in [0.5, 0.6) is 0 Å². The molecule has 2 fully saturated rings. The second kappa shape index (κ2) is 4.52. The summed E-state index contributed by atoms with van der Waals surface area (Å²) in [7, 11) is -3.28. The zero-order chi connectivity index (χ0) is 13.6. The molecule has 19 heavy (non-hydrogen) atoms. The maximum atomic E-state index is 13.1. The Balaban J connectivity index is 1.81. The number of aromatic amines is 1. The molecule has 1 saturated heterocycles. The van der Waals surface area contributed by atoms with Gasteiger partial charge in [0.2, 0.25) is 10.0 Å². The Kier molecular flexibility index (Phi) is 3.09. The van der Waals surface area contributed by atoms with Gasteiger partial charge < -0.3 is 0 Å². The monoisotopic (exact) mass is 288 g/mol. The molecule has 3 rings (SSSR count). The van der Waals surface area contributed by atoms with E-state index in [0.717, 1.165) is 24.9 Å². The molecule has 0 unspecified atom stereocenters. The van der Waals surface area contributed by atoms with E-state index in [1.54, 1.807) is 0 Å². The normalized spacial score (nSPS) is 28.9. The largest absolute Gasteiger partial charge is 0.263 e. The molecule has 0 radical (unpaired) electrons. The summed E-state index contributed by atoms with van der Waals surface area (Å²) in [6.07, 6.45) is 3.36. The van der Waals surface area contributed by atoms with E-state index in [-0.39, 0.29) is 24.9 Å². The summed E-state index contributed by atoms with van der Waals surface area (Å²) < 4.78 is 37.5. The molecule has 6 nitrogen and oxygen atoms in total. The molecule has 1 aliphatic heterocycles. The maximum Gasteiger partial charge on any atom is 0.211 e. The molecular weight excluding hydrogens is 271 g/mol. The van der Waals surface area contributed by atoms with Gasteiger partial charge in [-0.3, -0.25) is 9.49 Å². The van der Waals surface area contributed by atoms with Crippen LogP contribution in [0.25, 0.3) is 0 Å². The molecule has 106 valence electrons. The maximum absolute atomic E-state index is 13.1. The van der Waals surface area contributed by atoms with E-state index in [9.17, 15) is 12.8 Å². The average Bonchev–Trinajstić information content (AvgIpc) is 2.93. The summed E-state index contributed by atoms with van der Waals surface area (Å²) in [5.41, 5.74) is 0. The summed E-state index contributed by atoms with van der Waals surface area (Å²) in [6.45, 7) is -0.0394. The molecule has 2 atom stereocenters. The average molecular weight is 288 g/mol. The third-order valence-corrected chi connectivity index (χ3v) is 5.12. The van der Waals surface area contributed by atoms with Gasteiger partial charge in [0.05, 0.1) is 12.9 Å². The first-order valence-electron chi connectivity index (χ1n) is 6.42. The van der Waals surface area contributed by atoms with Crippen molar-refractivity contribution >= 4 is 10.0 Å². The summed E-state index contributed by atoms with van der Waals surface area (Å²) in [5.74, 6) is 1.27. The molecule has 0 bridgehead atoms. The second-order valence-corrected chi connectivity index (χ2v) is 7.44. The number of nitrogens with one attached hydrogen (secondary N) is 1. The smallest absolute Gasteiger partial charge is 0.211 e. The van der Waals surface area contributed by atoms with Gasteiger partial charge in [-0.1, -0.05) is 0 Å². The predicted octanol–water partition coefficient (Wildman–Crippen LogP) is 0.627. The van der Waals surface area contributed by atoms with Crippen LogP contribution in [0, 0.1) is 5.92 Å². The van der Waals surface area contributed by atoms with E-state index in [2.05, 4.69) is 15.2 Å². The fourth-order valence-electron chi connectivity index (χ4n) is 2.55. The molecule has 0 aromatic carbocycles. The van der Waals surface area contributed by atoms with Crippen LogP contribution in [-0.4, -0.2) is 53.9 Å². The van der Waals surface area contributed by atoms with Gasteiger partial charge in [-0.25, -0.2) is 17.7 Å². The zero-order valence-electron chi connectivity index (χ0n) is 10.7. The van der Waals surface area contributed by atoms with Gasteiger partial charge in [0, 0.05) is 30.8 Å². The summed E-state index contributed by atoms with van der Waals surface area (Å²) in [4.78, 5) is 4.41. The van der Waals surface area contributed by atoms with Crippen LogP contribution in [0.15, 0.2) is 0 Å². The molecule has 2 aliphatic rings. The van der Waals surface area contributed by atoms with Gasteiger partial charge in [0.15, 0.2) is 5.82 Å². The van der Waals surface area contributed by atoms with Crippen LogP contribution in [0.3, 0.4) is 0 Å². The predicted molar refractivity (Wildman–Crippen MR) is 67.0 cm³/mol. The van der Waals surface area contributed by atoms with E-state index >= 15 is 0 Å². The van der Waals surface area contributed by atoms with Gasteiger partial charge in [-0.15, -0.1) is 0 Å². The van der Waals surface area contributed by atoms with Gasteiger partial charge in [0.1, 0.15) is 5.82 Å². The highest BCUT2D eigenvalue weighted by Crippen LogP contribution is 2.39. The number of aromatic nitrogens is 3. The highest BCUT2D eigenvalue weighted by Gasteiger charge is 2.40. The topological polar surface area (TPSA) is 79.0 Å². The number of sulfonamides is 1. The Labute approximate surface area is 111 Å². The Morgan fingerprint density at radius 3 is 2.74 bits per heavy atom. The lowest BCUT2D eigenvalue weighted by Crippen LogP contribution is -2.27. The van der Waals surface area contributed by atoms with Crippen molar-refractivity contribution < 1.29 is 12.8 Å². The molecular formula is C11H17FN4O2S. The van der Waals surface area contributed by atoms with Gasteiger partial charge in [0.25, 0.3) is 0 Å². The van der Waals surface area contributed by atoms with Crippen LogP contribution in [0.2, 0.25) is 0 Å². The van der Waals surface area contributed by atoms with Crippen molar-refractivity contribution in [3.8, 4) is 0 Å². The van der Waals surface area contributed by atoms with E-state index in [1.165, 1.54) is 4.31 Å². The number of halogens is 1. The molecule has 1 aromatic heterocycles. The first-order chi connectivity index (χ1) is 8.99. The van der Waals surface area contributed by atoms with Crippen LogP contribution in [0.1, 0.15) is 36.3 Å². The lowest BCUT2D eigenvalue weighted by molar-refractivity contribution is 0.346. The minimum Gasteiger partial charge on any atom is -0.263 e. The van der Waals surface area contributed by atoms with Gasteiger partial charge in [-0.2, -0.15) is 5.10 Å². The van der Waals surface area contributed by atoms with Crippen molar-refractivity contribution in [2.45, 2.75) is 24.7 Å². The fourth-order valence-corrected chi connectivity index (χ4v) is 3.44. The quantitative estimate of drug-likeness (QED) is 0.881. The lowest BCUT2D eigenvalue weighted by atomic mass is 9.97. The Morgan fingerprint density at radius 2 is 2.16 bits per heavy atom. The number of H-pyrrole nitrogens is 1. The number of hydrogen-bond donors (Lipinski definition) is 1. The third kappa shape index (κ3) is 2.51. The number of nitrogens with zero attached hydrogens (tertiary/aromatic N) is 3. The number of rotatable bonds is 4. The number of alkyl halides is 1. The lowest BCUT2D eigenvalue weighted by Gasteiger charge is -2.11. The molecule has 1 saturated carbocycles. The minimum atomic E-state index is -3.28. The van der Waals surface area contributed by atoms with E-state index in [1.807, 2.05) is 0 Å². The highest BCUT2D eigenvalue weighted by molar-refractivity contribution is 7.88. The van der Waals surface area contributed by atoms with Crippen molar-refractivity contribution in [1.29, 1.82) is 0 Å². The Hall–Kier alpha value is -1.02. The van der Waals surface area contributed by atoms with Crippen molar-refractivity contribution in [3.05, 3.63) is 11.6 Å². The summed E-state index contributed by atoms with van der Waals surface area (Å²) in [5, 5.41) is 7.01. The van der Waals surface area contributed by atoms with Crippen molar-refractivity contribution in [1.82, 2.24) is 19.5 Å². The molecule has 2 heterocycles. The second-order valence-electron chi connectivity index (χ2n) is 5.45. The Morgan fingerprint density at radius 1 is 1.42 bits per heavy atom. The summed E-state index contributed by atoms with van der Waals surface area (Å²) >= 11 is 0.